The summed E-state index contributed by atoms with van der Waals surface area (Å²) in [5.41, 5.74) is 0. The van der Waals surface area contributed by atoms with Crippen LogP contribution in [0.5, 0.6) is 0 Å². The summed E-state index contributed by atoms with van der Waals surface area (Å²) in [6, 6.07) is 0. The number of nitrogens with zero attached hydrogens (tertiary/aromatic N) is 2. The van der Waals surface area contributed by atoms with Crippen LogP contribution < -0.4 is 0 Å². The monoisotopic (exact) mass is 182 g/mol. The molecule has 3 nitrogen and oxygen atoms in total. The topological polar surface area (TPSA) is 23.6 Å². The number of carbonyl (C=O) groups is 1. The van der Waals surface area contributed by atoms with Crippen LogP contribution in [-0.2, 0) is 4.79 Å². The van der Waals surface area contributed by atoms with E-state index in [9.17, 15) is 4.79 Å². The van der Waals surface area contributed by atoms with Gasteiger partial charge in [-0.1, -0.05) is 11.8 Å². The number of hydrogen-bond donors (Lipinski definition) is 0. The minimum absolute atomic E-state index is 0.0849. The van der Waals surface area contributed by atoms with E-state index in [1.165, 1.54) is 0 Å². The Hall–Kier alpha value is -1.01. The first-order valence-electron chi connectivity index (χ1n) is 4.44. The van der Waals surface area contributed by atoms with E-state index in [4.69, 9.17) is 0 Å². The Labute approximate surface area is 80.7 Å². The molecular formula is C10H18N2O. The van der Waals surface area contributed by atoms with Gasteiger partial charge in [0.05, 0.1) is 13.1 Å². The van der Waals surface area contributed by atoms with Gasteiger partial charge in [-0.05, 0) is 21.0 Å². The summed E-state index contributed by atoms with van der Waals surface area (Å²) >= 11 is 0. The molecule has 0 atom stereocenters. The van der Waals surface area contributed by atoms with Crippen molar-refractivity contribution in [3.63, 3.8) is 0 Å². The molecule has 0 radical (unpaired) electrons. The molecule has 74 valence electrons. The Balaban J connectivity index is 3.81. The molecule has 0 unspecified atom stereocenters. The highest BCUT2D eigenvalue weighted by atomic mass is 16.2. The summed E-state index contributed by atoms with van der Waals surface area (Å²) in [4.78, 5) is 14.7. The van der Waals surface area contributed by atoms with E-state index < -0.39 is 0 Å². The lowest BCUT2D eigenvalue weighted by Gasteiger charge is -2.14. The van der Waals surface area contributed by atoms with Crippen molar-refractivity contribution in [1.82, 2.24) is 9.80 Å². The number of hydrogen-bond acceptors (Lipinski definition) is 2. The predicted molar refractivity (Wildman–Crippen MR) is 54.3 cm³/mol. The van der Waals surface area contributed by atoms with Crippen LogP contribution in [0.4, 0.5) is 0 Å². The van der Waals surface area contributed by atoms with Gasteiger partial charge in [0, 0.05) is 13.5 Å². The predicted octanol–water partition coefficient (Wildman–Crippen LogP) is 0.420. The maximum Gasteiger partial charge on any atom is 0.220 e. The van der Waals surface area contributed by atoms with E-state index in [-0.39, 0.29) is 5.91 Å². The summed E-state index contributed by atoms with van der Waals surface area (Å²) in [5, 5.41) is 0. The first kappa shape index (κ1) is 12.0. The van der Waals surface area contributed by atoms with Crippen LogP contribution in [0.3, 0.4) is 0 Å². The van der Waals surface area contributed by atoms with Crippen LogP contribution in [0.1, 0.15) is 13.8 Å². The van der Waals surface area contributed by atoms with Crippen molar-refractivity contribution in [1.29, 1.82) is 0 Å². The second kappa shape index (κ2) is 6.50. The Bertz CT molecular complexity index is 213. The van der Waals surface area contributed by atoms with Gasteiger partial charge in [0.25, 0.3) is 0 Å². The molecule has 0 saturated heterocycles. The zero-order valence-electron chi connectivity index (χ0n) is 8.92. The number of amides is 1. The van der Waals surface area contributed by atoms with Crippen LogP contribution in [0, 0.1) is 11.8 Å². The Morgan fingerprint density at radius 1 is 1.23 bits per heavy atom. The molecule has 0 aromatic rings. The molecule has 0 fully saturated rings. The average molecular weight is 182 g/mol. The van der Waals surface area contributed by atoms with E-state index in [1.54, 1.807) is 11.8 Å². The van der Waals surface area contributed by atoms with Crippen LogP contribution in [0.15, 0.2) is 0 Å². The highest BCUT2D eigenvalue weighted by molar-refractivity contribution is 5.73. The zero-order chi connectivity index (χ0) is 10.3. The smallest absolute Gasteiger partial charge is 0.220 e. The van der Waals surface area contributed by atoms with Crippen molar-refractivity contribution in [2.24, 2.45) is 0 Å². The van der Waals surface area contributed by atoms with Gasteiger partial charge in [-0.3, -0.25) is 9.69 Å². The summed E-state index contributed by atoms with van der Waals surface area (Å²) in [6.07, 6.45) is 0. The van der Waals surface area contributed by atoms with Crippen molar-refractivity contribution in [3.05, 3.63) is 0 Å². The molecule has 0 aromatic heterocycles. The number of rotatable bonds is 3. The second-order valence-corrected chi connectivity index (χ2v) is 3.12. The Morgan fingerprint density at radius 2 is 1.77 bits per heavy atom. The molecule has 0 aliphatic rings. The highest BCUT2D eigenvalue weighted by Gasteiger charge is 2.01. The van der Waals surface area contributed by atoms with Gasteiger partial charge in [0.15, 0.2) is 0 Å². The van der Waals surface area contributed by atoms with Crippen LogP contribution >= 0.6 is 0 Å². The average Bonchev–Trinajstić information content (AvgIpc) is 2.03. The van der Waals surface area contributed by atoms with Gasteiger partial charge >= 0.3 is 0 Å². The molecule has 0 rings (SSSR count). The van der Waals surface area contributed by atoms with Gasteiger partial charge in [0.2, 0.25) is 5.91 Å². The fourth-order valence-corrected chi connectivity index (χ4v) is 0.811. The van der Waals surface area contributed by atoms with Crippen molar-refractivity contribution in [2.45, 2.75) is 13.8 Å². The molecule has 0 aliphatic heterocycles. The highest BCUT2D eigenvalue weighted by Crippen LogP contribution is 1.86. The lowest BCUT2D eigenvalue weighted by molar-refractivity contribution is -0.128. The van der Waals surface area contributed by atoms with E-state index in [0.717, 1.165) is 13.1 Å². The van der Waals surface area contributed by atoms with Crippen molar-refractivity contribution in [2.75, 3.05) is 33.7 Å². The van der Waals surface area contributed by atoms with E-state index in [1.807, 2.05) is 25.9 Å². The molecule has 1 amide bonds. The quantitative estimate of drug-likeness (QED) is 0.591. The van der Waals surface area contributed by atoms with Gasteiger partial charge in [-0.25, -0.2) is 0 Å². The van der Waals surface area contributed by atoms with Gasteiger partial charge in [-0.15, -0.1) is 0 Å². The maximum absolute atomic E-state index is 11.0. The largest absolute Gasteiger partial charge is 0.332 e. The Kier molecular flexibility index (Phi) is 5.99. The summed E-state index contributed by atoms with van der Waals surface area (Å²) in [7, 11) is 3.94. The molecular weight excluding hydrogens is 164 g/mol. The normalized spacial score (nSPS) is 9.31. The lowest BCUT2D eigenvalue weighted by atomic mass is 10.4. The minimum Gasteiger partial charge on any atom is -0.332 e. The van der Waals surface area contributed by atoms with Crippen molar-refractivity contribution < 1.29 is 4.79 Å². The Morgan fingerprint density at radius 3 is 2.15 bits per heavy atom. The third-order valence-electron chi connectivity index (χ3n) is 1.62. The van der Waals surface area contributed by atoms with Crippen molar-refractivity contribution in [3.8, 4) is 11.8 Å². The fraction of sp³-hybridized carbons (Fsp3) is 0.700. The van der Waals surface area contributed by atoms with Crippen LogP contribution in [0.25, 0.3) is 0 Å². The molecule has 0 aromatic carbocycles. The molecule has 0 saturated carbocycles. The number of carbonyl (C=O) groups excluding carboxylic acids is 1. The molecule has 13 heavy (non-hydrogen) atoms. The lowest BCUT2D eigenvalue weighted by Crippen LogP contribution is -2.28. The zero-order valence-corrected chi connectivity index (χ0v) is 8.92. The van der Waals surface area contributed by atoms with Crippen LogP contribution in [0.2, 0.25) is 0 Å². The third kappa shape index (κ3) is 6.18. The first-order chi connectivity index (χ1) is 6.07. The fourth-order valence-electron chi connectivity index (χ4n) is 0.811. The van der Waals surface area contributed by atoms with Gasteiger partial charge in [-0.2, -0.15) is 0 Å². The summed E-state index contributed by atoms with van der Waals surface area (Å²) < 4.78 is 0. The molecule has 0 N–H and O–H groups in total. The first-order valence-corrected chi connectivity index (χ1v) is 4.44. The van der Waals surface area contributed by atoms with Gasteiger partial charge in [0.1, 0.15) is 0 Å². The van der Waals surface area contributed by atoms with Crippen molar-refractivity contribution >= 4 is 5.91 Å². The SMILES string of the molecule is CCN(CC#CCN(C)C)C(C)=O. The molecule has 3 heteroatoms. The third-order valence-corrected chi connectivity index (χ3v) is 1.62. The van der Waals surface area contributed by atoms with E-state index in [0.29, 0.717) is 6.54 Å². The van der Waals surface area contributed by atoms with E-state index in [2.05, 4.69) is 11.8 Å². The standard InChI is InChI=1S/C10H18N2O/c1-5-12(10(2)13)9-7-6-8-11(3)4/h5,8-9H2,1-4H3. The van der Waals surface area contributed by atoms with Crippen LogP contribution in [-0.4, -0.2) is 49.4 Å². The summed E-state index contributed by atoms with van der Waals surface area (Å²) in [5.74, 6) is 6.03. The molecule has 0 spiro atoms. The molecule has 0 heterocycles. The molecule has 0 aliphatic carbocycles. The van der Waals surface area contributed by atoms with E-state index >= 15 is 0 Å². The summed E-state index contributed by atoms with van der Waals surface area (Å²) in [6.45, 7) is 5.53. The van der Waals surface area contributed by atoms with Gasteiger partial charge < -0.3 is 4.90 Å². The minimum atomic E-state index is 0.0849. The second-order valence-electron chi connectivity index (χ2n) is 3.12. The molecule has 0 bridgehead atoms. The maximum atomic E-state index is 11.0.